The number of fused-ring (bicyclic) bond motifs is 1. The van der Waals surface area contributed by atoms with E-state index in [0.29, 0.717) is 6.54 Å². The average molecular weight is 267 g/mol. The molecule has 2 rings (SSSR count). The lowest BCUT2D eigenvalue weighted by atomic mass is 10.2. The van der Waals surface area contributed by atoms with E-state index in [9.17, 15) is 9.46 Å². The maximum absolute atomic E-state index is 11.0. The third kappa shape index (κ3) is 3.15. The molecule has 96 valence electrons. The summed E-state index contributed by atoms with van der Waals surface area (Å²) in [5.41, 5.74) is 1.03. The van der Waals surface area contributed by atoms with Crippen LogP contribution in [-0.2, 0) is 20.2 Å². The first-order valence-corrected chi connectivity index (χ1v) is 6.97. The molecule has 0 fully saturated rings. The Hall–Kier alpha value is -1.26. The van der Waals surface area contributed by atoms with Gasteiger partial charge in [-0.3, -0.25) is 4.57 Å². The summed E-state index contributed by atoms with van der Waals surface area (Å²) >= 11 is 0. The largest absolute Gasteiger partial charge is 0.756 e. The zero-order valence-electron chi connectivity index (χ0n) is 9.98. The van der Waals surface area contributed by atoms with Gasteiger partial charge in [0.25, 0.3) is 7.82 Å². The van der Waals surface area contributed by atoms with Gasteiger partial charge in [0.1, 0.15) is 6.61 Å². The molecule has 2 aromatic rings. The molecule has 0 aliphatic rings. The number of phosphoric ester groups is 1. The molecule has 1 unspecified atom stereocenters. The van der Waals surface area contributed by atoms with Crippen LogP contribution >= 0.6 is 7.82 Å². The van der Waals surface area contributed by atoms with Gasteiger partial charge in [0.15, 0.2) is 12.7 Å². The van der Waals surface area contributed by atoms with E-state index in [2.05, 4.69) is 9.05 Å². The summed E-state index contributed by atoms with van der Waals surface area (Å²) in [6, 6.07) is 11.8. The zero-order valence-corrected chi connectivity index (χ0v) is 10.9. The van der Waals surface area contributed by atoms with E-state index >= 15 is 0 Å². The van der Waals surface area contributed by atoms with Crippen LogP contribution in [0.25, 0.3) is 10.9 Å². The van der Waals surface area contributed by atoms with Crippen molar-refractivity contribution in [1.82, 2.24) is 0 Å². The maximum Gasteiger partial charge on any atom is 0.267 e. The highest BCUT2D eigenvalue weighted by molar-refractivity contribution is 7.45. The van der Waals surface area contributed by atoms with E-state index in [1.807, 2.05) is 47.2 Å². The van der Waals surface area contributed by atoms with Crippen LogP contribution in [0.15, 0.2) is 42.6 Å². The number of hydrogen-bond donors (Lipinski definition) is 0. The van der Waals surface area contributed by atoms with Gasteiger partial charge in [0.05, 0.1) is 0 Å². The molecule has 0 saturated heterocycles. The summed E-state index contributed by atoms with van der Waals surface area (Å²) in [5.74, 6) is 0. The lowest BCUT2D eigenvalue weighted by Gasteiger charge is -2.19. The molecular formula is C12H14NO4P. The highest BCUT2D eigenvalue weighted by Gasteiger charge is 2.10. The van der Waals surface area contributed by atoms with Gasteiger partial charge in [-0.1, -0.05) is 12.1 Å². The van der Waals surface area contributed by atoms with E-state index in [1.54, 1.807) is 0 Å². The third-order valence-corrected chi connectivity index (χ3v) is 3.54. The molecule has 5 nitrogen and oxygen atoms in total. The normalized spacial score (nSPS) is 14.6. The van der Waals surface area contributed by atoms with Crippen molar-refractivity contribution in [1.29, 1.82) is 0 Å². The number of hydrogen-bond acceptors (Lipinski definition) is 4. The summed E-state index contributed by atoms with van der Waals surface area (Å²) in [6.45, 7) is 0.490. The topological polar surface area (TPSA) is 62.5 Å². The fraction of sp³-hybridized carbons (Fsp3) is 0.250. The Morgan fingerprint density at radius 3 is 2.78 bits per heavy atom. The molecule has 0 bridgehead atoms. The van der Waals surface area contributed by atoms with Crippen LogP contribution in [-0.4, -0.2) is 13.7 Å². The fourth-order valence-corrected chi connectivity index (χ4v) is 2.13. The summed E-state index contributed by atoms with van der Waals surface area (Å²) in [7, 11) is -3.05. The van der Waals surface area contributed by atoms with Crippen LogP contribution in [0.2, 0.25) is 0 Å². The van der Waals surface area contributed by atoms with E-state index in [4.69, 9.17) is 0 Å². The van der Waals surface area contributed by atoms with Crippen LogP contribution in [0.3, 0.4) is 0 Å². The van der Waals surface area contributed by atoms with E-state index < -0.39 is 7.82 Å². The maximum atomic E-state index is 11.0. The van der Waals surface area contributed by atoms with Crippen LogP contribution in [0.4, 0.5) is 0 Å². The smallest absolute Gasteiger partial charge is 0.267 e. The lowest BCUT2D eigenvalue weighted by molar-refractivity contribution is -0.672. The third-order valence-electron chi connectivity index (χ3n) is 2.59. The Labute approximate surface area is 105 Å². The SMILES string of the molecule is COP(=O)([O-])OCC[n+]1cccc2ccccc21. The van der Waals surface area contributed by atoms with Crippen LogP contribution in [0.1, 0.15) is 0 Å². The molecule has 1 aromatic heterocycles. The molecule has 0 amide bonds. The second kappa shape index (κ2) is 5.59. The minimum absolute atomic E-state index is 0.0489. The van der Waals surface area contributed by atoms with Gasteiger partial charge in [-0.15, -0.1) is 0 Å². The highest BCUT2D eigenvalue weighted by atomic mass is 31.2. The molecule has 18 heavy (non-hydrogen) atoms. The van der Waals surface area contributed by atoms with E-state index in [-0.39, 0.29) is 6.61 Å². The molecule has 1 atom stereocenters. The lowest BCUT2D eigenvalue weighted by Crippen LogP contribution is -2.36. The van der Waals surface area contributed by atoms with Crippen molar-refractivity contribution in [3.63, 3.8) is 0 Å². The van der Waals surface area contributed by atoms with Gasteiger partial charge in [0.2, 0.25) is 5.52 Å². The first kappa shape index (κ1) is 13.2. The molecule has 0 N–H and O–H groups in total. The number of nitrogens with zero attached hydrogens (tertiary/aromatic N) is 1. The van der Waals surface area contributed by atoms with Crippen molar-refractivity contribution in [3.8, 4) is 0 Å². The average Bonchev–Trinajstić information content (AvgIpc) is 2.39. The molecule has 0 aliphatic carbocycles. The minimum atomic E-state index is -4.13. The molecule has 0 saturated carbocycles. The summed E-state index contributed by atoms with van der Waals surface area (Å²) in [6.07, 6.45) is 1.88. The number of aromatic nitrogens is 1. The molecule has 0 radical (unpaired) electrons. The van der Waals surface area contributed by atoms with E-state index in [0.717, 1.165) is 18.0 Å². The number of para-hydroxylation sites is 1. The van der Waals surface area contributed by atoms with Gasteiger partial charge in [0, 0.05) is 24.6 Å². The summed E-state index contributed by atoms with van der Waals surface area (Å²) in [5, 5.41) is 1.09. The van der Waals surface area contributed by atoms with Gasteiger partial charge in [-0.05, 0) is 12.1 Å². The number of pyridine rings is 1. The van der Waals surface area contributed by atoms with Crippen LogP contribution < -0.4 is 9.46 Å². The minimum Gasteiger partial charge on any atom is -0.756 e. The molecular weight excluding hydrogens is 253 g/mol. The van der Waals surface area contributed by atoms with Crippen molar-refractivity contribution >= 4 is 18.7 Å². The van der Waals surface area contributed by atoms with Crippen LogP contribution in [0, 0.1) is 0 Å². The standard InChI is InChI=1S/C12H14NO4P/c1-16-18(14,15)17-10-9-13-8-4-6-11-5-2-3-7-12(11)13/h2-8H,9-10H2,1H3. The molecule has 1 aromatic carbocycles. The monoisotopic (exact) mass is 267 g/mol. The Balaban J connectivity index is 2.11. The molecule has 1 heterocycles. The Bertz CT molecular complexity index is 582. The summed E-state index contributed by atoms with van der Waals surface area (Å²) < 4.78 is 21.9. The fourth-order valence-electron chi connectivity index (χ4n) is 1.72. The van der Waals surface area contributed by atoms with Crippen molar-refractivity contribution < 1.29 is 23.1 Å². The van der Waals surface area contributed by atoms with Gasteiger partial charge < -0.3 is 13.9 Å². The zero-order chi connectivity index (χ0) is 13.0. The Morgan fingerprint density at radius 1 is 1.28 bits per heavy atom. The van der Waals surface area contributed by atoms with Crippen LogP contribution in [0.5, 0.6) is 0 Å². The summed E-state index contributed by atoms with van der Waals surface area (Å²) in [4.78, 5) is 11.0. The predicted molar refractivity (Wildman–Crippen MR) is 64.7 cm³/mol. The molecule has 0 aliphatic heterocycles. The first-order chi connectivity index (χ1) is 8.62. The van der Waals surface area contributed by atoms with Crippen molar-refractivity contribution in [2.75, 3.05) is 13.7 Å². The number of rotatable bonds is 5. The van der Waals surface area contributed by atoms with Gasteiger partial charge >= 0.3 is 0 Å². The second-order valence-electron chi connectivity index (χ2n) is 3.72. The van der Waals surface area contributed by atoms with Crippen molar-refractivity contribution in [2.45, 2.75) is 6.54 Å². The highest BCUT2D eigenvalue weighted by Crippen LogP contribution is 2.36. The Morgan fingerprint density at radius 2 is 2.00 bits per heavy atom. The molecule has 0 spiro atoms. The predicted octanol–water partition coefficient (Wildman–Crippen LogP) is 1.26. The first-order valence-electron chi connectivity index (χ1n) is 5.51. The van der Waals surface area contributed by atoms with Crippen molar-refractivity contribution in [2.24, 2.45) is 0 Å². The van der Waals surface area contributed by atoms with Gasteiger partial charge in [-0.25, -0.2) is 0 Å². The van der Waals surface area contributed by atoms with Gasteiger partial charge in [-0.2, -0.15) is 4.57 Å². The second-order valence-corrected chi connectivity index (χ2v) is 5.24. The number of phosphoric acid groups is 1. The quantitative estimate of drug-likeness (QED) is 0.604. The van der Waals surface area contributed by atoms with Crippen molar-refractivity contribution in [3.05, 3.63) is 42.6 Å². The molecule has 6 heteroatoms. The Kier molecular flexibility index (Phi) is 4.09. The number of benzene rings is 1. The van der Waals surface area contributed by atoms with E-state index in [1.165, 1.54) is 0 Å².